The highest BCUT2D eigenvalue weighted by atomic mass is 35.5. The standard InChI is InChI=1S/C12H16F3NO2.ClH/c1-7(16)8-4-3-5-9(10(8)13)12(14,15)11(2,18)6-17;/h3-5,7,17-18H,6,16H2,1-2H3;1H/t7-,11-;/m1./s1. The Bertz CT molecular complexity index is 439. The molecule has 0 heterocycles. The molecule has 19 heavy (non-hydrogen) atoms. The molecule has 4 N–H and O–H groups in total. The number of aliphatic hydroxyl groups is 2. The fourth-order valence-corrected chi connectivity index (χ4v) is 1.53. The topological polar surface area (TPSA) is 66.5 Å². The van der Waals surface area contributed by atoms with Gasteiger partial charge < -0.3 is 15.9 Å². The maximum absolute atomic E-state index is 13.9. The predicted molar refractivity (Wildman–Crippen MR) is 67.9 cm³/mol. The third-order valence-corrected chi connectivity index (χ3v) is 2.84. The summed E-state index contributed by atoms with van der Waals surface area (Å²) in [5.74, 6) is -5.08. The SMILES string of the molecule is C[C@@H](N)c1cccc(C(F)(F)[C@](C)(O)CO)c1F.Cl. The van der Waals surface area contributed by atoms with Crippen molar-refractivity contribution in [3.05, 3.63) is 35.1 Å². The van der Waals surface area contributed by atoms with Crippen LogP contribution in [-0.4, -0.2) is 22.4 Å². The first-order chi connectivity index (χ1) is 8.15. The molecular weight excluding hydrogens is 283 g/mol. The van der Waals surface area contributed by atoms with Crippen molar-refractivity contribution in [1.29, 1.82) is 0 Å². The highest BCUT2D eigenvalue weighted by molar-refractivity contribution is 5.85. The Balaban J connectivity index is 0.00000324. The van der Waals surface area contributed by atoms with E-state index in [9.17, 15) is 18.3 Å². The van der Waals surface area contributed by atoms with Gasteiger partial charge in [-0.05, 0) is 19.9 Å². The maximum Gasteiger partial charge on any atom is 0.306 e. The lowest BCUT2D eigenvalue weighted by Crippen LogP contribution is -2.47. The van der Waals surface area contributed by atoms with Gasteiger partial charge in [0.25, 0.3) is 0 Å². The zero-order chi connectivity index (χ0) is 14.1. The van der Waals surface area contributed by atoms with Gasteiger partial charge in [-0.25, -0.2) is 4.39 Å². The van der Waals surface area contributed by atoms with Gasteiger partial charge in [0.05, 0.1) is 12.2 Å². The molecule has 7 heteroatoms. The van der Waals surface area contributed by atoms with Crippen molar-refractivity contribution >= 4 is 12.4 Å². The number of halogens is 4. The second-order valence-electron chi connectivity index (χ2n) is 4.50. The van der Waals surface area contributed by atoms with E-state index >= 15 is 0 Å². The summed E-state index contributed by atoms with van der Waals surface area (Å²) in [6, 6.07) is 2.65. The second-order valence-corrected chi connectivity index (χ2v) is 4.50. The van der Waals surface area contributed by atoms with Gasteiger partial charge in [-0.1, -0.05) is 12.1 Å². The minimum atomic E-state index is -3.92. The zero-order valence-electron chi connectivity index (χ0n) is 10.5. The van der Waals surface area contributed by atoms with Crippen molar-refractivity contribution in [3.63, 3.8) is 0 Å². The monoisotopic (exact) mass is 299 g/mol. The summed E-state index contributed by atoms with van der Waals surface area (Å²) < 4.78 is 41.8. The molecule has 0 saturated heterocycles. The first-order valence-corrected chi connectivity index (χ1v) is 5.40. The Hall–Kier alpha value is -0.820. The molecule has 1 aromatic carbocycles. The summed E-state index contributed by atoms with van der Waals surface area (Å²) >= 11 is 0. The molecular formula is C12H17ClF3NO2. The third kappa shape index (κ3) is 3.20. The Labute approximate surface area is 115 Å². The summed E-state index contributed by atoms with van der Waals surface area (Å²) in [7, 11) is 0. The molecule has 0 aliphatic carbocycles. The van der Waals surface area contributed by atoms with E-state index in [2.05, 4.69) is 0 Å². The van der Waals surface area contributed by atoms with Gasteiger partial charge in [0.15, 0.2) is 5.60 Å². The number of aliphatic hydroxyl groups excluding tert-OH is 1. The molecule has 110 valence electrons. The molecule has 0 amide bonds. The fraction of sp³-hybridized carbons (Fsp3) is 0.500. The van der Waals surface area contributed by atoms with Gasteiger partial charge in [0.2, 0.25) is 0 Å². The lowest BCUT2D eigenvalue weighted by molar-refractivity contribution is -0.197. The van der Waals surface area contributed by atoms with E-state index in [1.54, 1.807) is 0 Å². The summed E-state index contributed by atoms with van der Waals surface area (Å²) in [5.41, 5.74) is 1.68. The first-order valence-electron chi connectivity index (χ1n) is 5.40. The Kier molecular flexibility index (Phi) is 5.83. The molecule has 1 rings (SSSR count). The minimum Gasteiger partial charge on any atom is -0.393 e. The van der Waals surface area contributed by atoms with E-state index in [4.69, 9.17) is 10.8 Å². The largest absolute Gasteiger partial charge is 0.393 e. The summed E-state index contributed by atoms with van der Waals surface area (Å²) in [4.78, 5) is 0. The second kappa shape index (κ2) is 6.09. The predicted octanol–water partition coefficient (Wildman–Crippen LogP) is 2.10. The molecule has 0 fully saturated rings. The Morgan fingerprint density at radius 1 is 1.37 bits per heavy atom. The van der Waals surface area contributed by atoms with E-state index in [-0.39, 0.29) is 18.0 Å². The third-order valence-electron chi connectivity index (χ3n) is 2.84. The number of hydrogen-bond acceptors (Lipinski definition) is 3. The average molecular weight is 300 g/mol. The summed E-state index contributed by atoms with van der Waals surface area (Å²) in [6.45, 7) is 1.01. The number of rotatable bonds is 4. The van der Waals surface area contributed by atoms with Crippen LogP contribution in [0.2, 0.25) is 0 Å². The van der Waals surface area contributed by atoms with Gasteiger partial charge >= 0.3 is 5.92 Å². The van der Waals surface area contributed by atoms with Crippen molar-refractivity contribution < 1.29 is 23.4 Å². The highest BCUT2D eigenvalue weighted by Crippen LogP contribution is 2.40. The van der Waals surface area contributed by atoms with Crippen LogP contribution in [0.4, 0.5) is 13.2 Å². The summed E-state index contributed by atoms with van der Waals surface area (Å²) in [6.07, 6.45) is 0. The molecule has 0 bridgehead atoms. The van der Waals surface area contributed by atoms with Gasteiger partial charge in [-0.2, -0.15) is 8.78 Å². The van der Waals surface area contributed by atoms with Crippen LogP contribution < -0.4 is 5.73 Å². The molecule has 3 nitrogen and oxygen atoms in total. The van der Waals surface area contributed by atoms with Crippen LogP contribution in [0.15, 0.2) is 18.2 Å². The normalized spacial score (nSPS) is 16.4. The van der Waals surface area contributed by atoms with E-state index in [0.717, 1.165) is 13.0 Å². The van der Waals surface area contributed by atoms with E-state index < -0.39 is 35.6 Å². The van der Waals surface area contributed by atoms with Crippen molar-refractivity contribution in [1.82, 2.24) is 0 Å². The Morgan fingerprint density at radius 2 is 1.89 bits per heavy atom. The van der Waals surface area contributed by atoms with E-state index in [1.165, 1.54) is 19.1 Å². The van der Waals surface area contributed by atoms with Crippen molar-refractivity contribution in [2.24, 2.45) is 5.73 Å². The van der Waals surface area contributed by atoms with Gasteiger partial charge in [0.1, 0.15) is 5.82 Å². The van der Waals surface area contributed by atoms with Crippen LogP contribution in [0, 0.1) is 5.82 Å². The van der Waals surface area contributed by atoms with Gasteiger partial charge in [-0.15, -0.1) is 12.4 Å². The van der Waals surface area contributed by atoms with Gasteiger partial charge in [-0.3, -0.25) is 0 Å². The molecule has 0 aromatic heterocycles. The number of nitrogens with two attached hydrogens (primary N) is 1. The molecule has 0 unspecified atom stereocenters. The maximum atomic E-state index is 13.9. The molecule has 0 aliphatic rings. The van der Waals surface area contributed by atoms with Crippen LogP contribution in [0.25, 0.3) is 0 Å². The van der Waals surface area contributed by atoms with Crippen LogP contribution in [-0.2, 0) is 5.92 Å². The number of hydrogen-bond donors (Lipinski definition) is 3. The van der Waals surface area contributed by atoms with Gasteiger partial charge in [0, 0.05) is 11.6 Å². The quantitative estimate of drug-likeness (QED) is 0.797. The van der Waals surface area contributed by atoms with Crippen molar-refractivity contribution in [3.8, 4) is 0 Å². The smallest absolute Gasteiger partial charge is 0.306 e. The van der Waals surface area contributed by atoms with Crippen molar-refractivity contribution in [2.75, 3.05) is 6.61 Å². The number of benzene rings is 1. The van der Waals surface area contributed by atoms with E-state index in [0.29, 0.717) is 0 Å². The average Bonchev–Trinajstić information content (AvgIpc) is 2.28. The Morgan fingerprint density at radius 3 is 2.32 bits per heavy atom. The number of alkyl halides is 2. The molecule has 0 spiro atoms. The lowest BCUT2D eigenvalue weighted by atomic mass is 9.90. The van der Waals surface area contributed by atoms with Crippen LogP contribution in [0.5, 0.6) is 0 Å². The molecule has 1 aromatic rings. The lowest BCUT2D eigenvalue weighted by Gasteiger charge is -2.31. The highest BCUT2D eigenvalue weighted by Gasteiger charge is 2.51. The fourth-order valence-electron chi connectivity index (χ4n) is 1.53. The molecule has 0 radical (unpaired) electrons. The molecule has 2 atom stereocenters. The first kappa shape index (κ1) is 18.2. The zero-order valence-corrected chi connectivity index (χ0v) is 11.3. The van der Waals surface area contributed by atoms with Crippen LogP contribution >= 0.6 is 12.4 Å². The van der Waals surface area contributed by atoms with Crippen LogP contribution in [0.1, 0.15) is 31.0 Å². The van der Waals surface area contributed by atoms with Crippen molar-refractivity contribution in [2.45, 2.75) is 31.4 Å². The van der Waals surface area contributed by atoms with Crippen LogP contribution in [0.3, 0.4) is 0 Å². The molecule has 0 saturated carbocycles. The minimum absolute atomic E-state index is 0. The summed E-state index contributed by atoms with van der Waals surface area (Å²) in [5, 5.41) is 18.2. The van der Waals surface area contributed by atoms with E-state index in [1.807, 2.05) is 0 Å². The molecule has 0 aliphatic heterocycles.